The molecule has 0 aliphatic carbocycles. The Kier molecular flexibility index (Phi) is 6.84. The largest absolute Gasteiger partial charge is 0.416 e. The van der Waals surface area contributed by atoms with Gasteiger partial charge in [0.25, 0.3) is 5.91 Å². The van der Waals surface area contributed by atoms with Gasteiger partial charge in [0.1, 0.15) is 0 Å². The smallest absolute Gasteiger partial charge is 0.340 e. The minimum atomic E-state index is -4.43. The minimum Gasteiger partial charge on any atom is -0.340 e. The van der Waals surface area contributed by atoms with E-state index in [9.17, 15) is 18.0 Å². The number of carbonyl (C=O) groups is 1. The number of amides is 1. The van der Waals surface area contributed by atoms with Gasteiger partial charge in [0.15, 0.2) is 5.69 Å². The molecule has 144 valence electrons. The molecule has 1 aromatic carbocycles. The summed E-state index contributed by atoms with van der Waals surface area (Å²) in [5.41, 5.74) is 5.06. The molecular weight excluding hydrogens is 369 g/mol. The number of hydrogen-bond acceptors (Lipinski definition) is 3. The highest BCUT2D eigenvalue weighted by atomic mass is 35.5. The molecule has 0 unspecified atom stereocenters. The number of hydrogen-bond donors (Lipinski definition) is 1. The molecule has 1 amide bonds. The van der Waals surface area contributed by atoms with Gasteiger partial charge in [-0.25, -0.2) is 4.68 Å². The lowest BCUT2D eigenvalue weighted by Gasteiger charge is -2.28. The summed E-state index contributed by atoms with van der Waals surface area (Å²) in [5, 5.41) is 4.11. The first-order valence-corrected chi connectivity index (χ1v) is 7.72. The minimum absolute atomic E-state index is 0. The molecular formula is C17H22ClF3N4O. The highest BCUT2D eigenvalue weighted by molar-refractivity contribution is 5.92. The quantitative estimate of drug-likeness (QED) is 0.851. The van der Waals surface area contributed by atoms with Gasteiger partial charge in [0.2, 0.25) is 0 Å². The molecule has 2 rings (SSSR count). The highest BCUT2D eigenvalue weighted by Gasteiger charge is 2.30. The molecule has 0 atom stereocenters. The Morgan fingerprint density at radius 2 is 1.92 bits per heavy atom. The molecule has 0 bridgehead atoms. The van der Waals surface area contributed by atoms with Crippen molar-refractivity contribution in [2.45, 2.75) is 20.0 Å². The van der Waals surface area contributed by atoms with Crippen LogP contribution in [0, 0.1) is 5.41 Å². The Morgan fingerprint density at radius 1 is 1.27 bits per heavy atom. The van der Waals surface area contributed by atoms with Crippen LogP contribution in [0.3, 0.4) is 0 Å². The number of nitrogens with two attached hydrogens (primary N) is 1. The van der Waals surface area contributed by atoms with Crippen LogP contribution in [0.25, 0.3) is 5.69 Å². The third-order valence-corrected chi connectivity index (χ3v) is 3.81. The topological polar surface area (TPSA) is 64.2 Å². The molecule has 26 heavy (non-hydrogen) atoms. The maximum absolute atomic E-state index is 12.8. The average molecular weight is 391 g/mol. The second-order valence-electron chi connectivity index (χ2n) is 6.72. The molecule has 0 saturated carbocycles. The number of nitrogens with zero attached hydrogens (tertiary/aromatic N) is 3. The van der Waals surface area contributed by atoms with Gasteiger partial charge in [-0.1, -0.05) is 19.9 Å². The average Bonchev–Trinajstić information content (AvgIpc) is 3.03. The summed E-state index contributed by atoms with van der Waals surface area (Å²) in [6.07, 6.45) is -2.97. The molecule has 1 heterocycles. The first-order chi connectivity index (χ1) is 11.5. The van der Waals surface area contributed by atoms with Gasteiger partial charge in [-0.05, 0) is 36.2 Å². The second kappa shape index (κ2) is 8.09. The number of alkyl halides is 3. The van der Waals surface area contributed by atoms with Crippen molar-refractivity contribution in [1.82, 2.24) is 14.7 Å². The van der Waals surface area contributed by atoms with Crippen LogP contribution in [-0.4, -0.2) is 40.7 Å². The van der Waals surface area contributed by atoms with Crippen molar-refractivity contribution in [3.05, 3.63) is 47.8 Å². The zero-order valence-corrected chi connectivity index (χ0v) is 15.6. The molecule has 1 aromatic heterocycles. The van der Waals surface area contributed by atoms with Crippen molar-refractivity contribution in [1.29, 1.82) is 0 Å². The van der Waals surface area contributed by atoms with E-state index in [-0.39, 0.29) is 35.1 Å². The van der Waals surface area contributed by atoms with E-state index in [1.807, 2.05) is 13.8 Å². The summed E-state index contributed by atoms with van der Waals surface area (Å²) < 4.78 is 39.7. The van der Waals surface area contributed by atoms with Crippen molar-refractivity contribution in [2.24, 2.45) is 11.1 Å². The van der Waals surface area contributed by atoms with Crippen molar-refractivity contribution < 1.29 is 18.0 Å². The van der Waals surface area contributed by atoms with Crippen LogP contribution < -0.4 is 5.73 Å². The van der Waals surface area contributed by atoms with Crippen LogP contribution >= 0.6 is 12.4 Å². The summed E-state index contributed by atoms with van der Waals surface area (Å²) in [7, 11) is 1.64. The van der Waals surface area contributed by atoms with E-state index in [4.69, 9.17) is 5.73 Å². The number of rotatable bonds is 5. The third kappa shape index (κ3) is 5.22. The third-order valence-electron chi connectivity index (χ3n) is 3.81. The molecule has 5 nitrogen and oxygen atoms in total. The van der Waals surface area contributed by atoms with Gasteiger partial charge >= 0.3 is 6.18 Å². The van der Waals surface area contributed by atoms with E-state index in [2.05, 4.69) is 5.10 Å². The predicted octanol–water partition coefficient (Wildman–Crippen LogP) is 3.37. The lowest BCUT2D eigenvalue weighted by atomic mass is 9.93. The van der Waals surface area contributed by atoms with Gasteiger partial charge in [-0.15, -0.1) is 12.4 Å². The first kappa shape index (κ1) is 22.0. The maximum Gasteiger partial charge on any atom is 0.416 e. The van der Waals surface area contributed by atoms with E-state index in [1.165, 1.54) is 34.0 Å². The molecule has 0 radical (unpaired) electrons. The lowest BCUT2D eigenvalue weighted by Crippen LogP contribution is -2.39. The molecule has 9 heteroatoms. The SMILES string of the molecule is CN(CC(C)(C)CN)C(=O)c1ccn(-c2cccc(C(F)(F)F)c2)n1.Cl. The van der Waals surface area contributed by atoms with Gasteiger partial charge < -0.3 is 10.6 Å². The normalized spacial score (nSPS) is 11.8. The summed E-state index contributed by atoms with van der Waals surface area (Å²) in [5.74, 6) is -0.313. The summed E-state index contributed by atoms with van der Waals surface area (Å²) >= 11 is 0. The fourth-order valence-electron chi connectivity index (χ4n) is 2.38. The van der Waals surface area contributed by atoms with Crippen LogP contribution in [0.4, 0.5) is 13.2 Å². The van der Waals surface area contributed by atoms with Crippen molar-refractivity contribution >= 4 is 18.3 Å². The Hall–Kier alpha value is -2.06. The fourth-order valence-corrected chi connectivity index (χ4v) is 2.38. The van der Waals surface area contributed by atoms with Gasteiger partial charge in [-0.2, -0.15) is 18.3 Å². The number of benzene rings is 1. The van der Waals surface area contributed by atoms with Crippen molar-refractivity contribution in [2.75, 3.05) is 20.1 Å². The molecule has 0 fully saturated rings. The Balaban J connectivity index is 0.00000338. The molecule has 0 aliphatic heterocycles. The predicted molar refractivity (Wildman–Crippen MR) is 95.6 cm³/mol. The molecule has 2 aromatic rings. The fraction of sp³-hybridized carbons (Fsp3) is 0.412. The summed E-state index contributed by atoms with van der Waals surface area (Å²) in [4.78, 5) is 13.9. The number of aromatic nitrogens is 2. The van der Waals surface area contributed by atoms with Crippen LogP contribution in [0.15, 0.2) is 36.5 Å². The molecule has 0 saturated heterocycles. The second-order valence-corrected chi connectivity index (χ2v) is 6.72. The summed E-state index contributed by atoms with van der Waals surface area (Å²) in [6, 6.07) is 6.26. The lowest BCUT2D eigenvalue weighted by molar-refractivity contribution is -0.137. The monoisotopic (exact) mass is 390 g/mol. The standard InChI is InChI=1S/C17H21F3N4O.ClH/c1-16(2,10-21)11-23(3)15(25)14-7-8-24(22-14)13-6-4-5-12(9-13)17(18,19)20;/h4-9H,10-11,21H2,1-3H3;1H. The zero-order chi connectivity index (χ0) is 18.8. The first-order valence-electron chi connectivity index (χ1n) is 7.72. The van der Waals surface area contributed by atoms with E-state index < -0.39 is 11.7 Å². The Bertz CT molecular complexity index is 758. The zero-order valence-electron chi connectivity index (χ0n) is 14.7. The van der Waals surface area contributed by atoms with E-state index in [0.29, 0.717) is 13.1 Å². The van der Waals surface area contributed by atoms with E-state index in [1.54, 1.807) is 7.05 Å². The Labute approximate surface area is 156 Å². The number of carbonyl (C=O) groups excluding carboxylic acids is 1. The van der Waals surface area contributed by atoms with Gasteiger partial charge in [-0.3, -0.25) is 4.79 Å². The van der Waals surface area contributed by atoms with Crippen LogP contribution in [-0.2, 0) is 6.18 Å². The van der Waals surface area contributed by atoms with Crippen LogP contribution in [0.2, 0.25) is 0 Å². The van der Waals surface area contributed by atoms with Crippen LogP contribution in [0.5, 0.6) is 0 Å². The van der Waals surface area contributed by atoms with E-state index in [0.717, 1.165) is 12.1 Å². The van der Waals surface area contributed by atoms with Gasteiger partial charge in [0.05, 0.1) is 11.3 Å². The molecule has 2 N–H and O–H groups in total. The highest BCUT2D eigenvalue weighted by Crippen LogP contribution is 2.30. The van der Waals surface area contributed by atoms with Crippen molar-refractivity contribution in [3.8, 4) is 5.69 Å². The van der Waals surface area contributed by atoms with E-state index >= 15 is 0 Å². The van der Waals surface area contributed by atoms with Gasteiger partial charge in [0, 0.05) is 19.8 Å². The Morgan fingerprint density at radius 3 is 2.50 bits per heavy atom. The maximum atomic E-state index is 12.8. The molecule has 0 spiro atoms. The van der Waals surface area contributed by atoms with Crippen LogP contribution in [0.1, 0.15) is 29.9 Å². The molecule has 0 aliphatic rings. The van der Waals surface area contributed by atoms with Crippen molar-refractivity contribution in [3.63, 3.8) is 0 Å². The summed E-state index contributed by atoms with van der Waals surface area (Å²) in [6.45, 7) is 4.75. The number of halogens is 4.